The van der Waals surface area contributed by atoms with E-state index in [0.717, 1.165) is 21.4 Å². The van der Waals surface area contributed by atoms with Crippen LogP contribution in [0.15, 0.2) is 46.7 Å². The van der Waals surface area contributed by atoms with E-state index in [-0.39, 0.29) is 17.7 Å². The average Bonchev–Trinajstić information content (AvgIpc) is 3.16. The van der Waals surface area contributed by atoms with Gasteiger partial charge in [0.1, 0.15) is 0 Å². The SMILES string of the molecule is Cc1csc(NC(=O)C2CCN(C(=O)CSc3cccc4cccc(Cl)c34)CC2)n1. The number of benzene rings is 2. The molecule has 1 saturated heterocycles. The van der Waals surface area contributed by atoms with Gasteiger partial charge >= 0.3 is 0 Å². The summed E-state index contributed by atoms with van der Waals surface area (Å²) in [6.07, 6.45) is 1.35. The number of piperidine rings is 1. The standard InChI is InChI=1S/C22H22ClN3O2S2/c1-14-12-30-22(24-14)25-21(28)16-8-10-26(11-9-16)19(27)13-29-18-7-3-5-15-4-2-6-17(23)20(15)18/h2-7,12,16H,8-11,13H2,1H3,(H,24,25,28). The van der Waals surface area contributed by atoms with Gasteiger partial charge in [-0.05, 0) is 37.3 Å². The molecule has 2 aromatic carbocycles. The zero-order valence-electron chi connectivity index (χ0n) is 16.6. The molecule has 0 spiro atoms. The fourth-order valence-corrected chi connectivity index (χ4v) is 5.66. The highest BCUT2D eigenvalue weighted by molar-refractivity contribution is 8.00. The van der Waals surface area contributed by atoms with Crippen molar-refractivity contribution in [2.75, 3.05) is 24.2 Å². The van der Waals surface area contributed by atoms with E-state index in [0.29, 0.717) is 41.8 Å². The minimum absolute atomic E-state index is 0.00350. The van der Waals surface area contributed by atoms with Crippen LogP contribution in [0.5, 0.6) is 0 Å². The Bertz CT molecular complexity index is 1070. The first kappa shape index (κ1) is 21.2. The van der Waals surface area contributed by atoms with Gasteiger partial charge in [-0.3, -0.25) is 9.59 Å². The Balaban J connectivity index is 1.30. The molecule has 5 nitrogen and oxygen atoms in total. The van der Waals surface area contributed by atoms with Gasteiger partial charge in [0.15, 0.2) is 5.13 Å². The molecule has 1 aliphatic rings. The number of fused-ring (bicyclic) bond motifs is 1. The molecule has 1 aliphatic heterocycles. The Morgan fingerprint density at radius 2 is 1.97 bits per heavy atom. The highest BCUT2D eigenvalue weighted by Crippen LogP contribution is 2.33. The summed E-state index contributed by atoms with van der Waals surface area (Å²) in [6.45, 7) is 3.11. The summed E-state index contributed by atoms with van der Waals surface area (Å²) < 4.78 is 0. The molecule has 1 N–H and O–H groups in total. The number of anilines is 1. The number of aryl methyl sites for hydroxylation is 1. The minimum atomic E-state index is -0.0808. The predicted octanol–water partition coefficient (Wildman–Crippen LogP) is 5.23. The van der Waals surface area contributed by atoms with Crippen LogP contribution in [0.3, 0.4) is 0 Å². The van der Waals surface area contributed by atoms with Gasteiger partial charge in [-0.2, -0.15) is 0 Å². The second kappa shape index (κ2) is 9.37. The number of likely N-dealkylation sites (tertiary alicyclic amines) is 1. The quantitative estimate of drug-likeness (QED) is 0.531. The van der Waals surface area contributed by atoms with Crippen molar-refractivity contribution in [3.63, 3.8) is 0 Å². The van der Waals surface area contributed by atoms with Gasteiger partial charge in [-0.25, -0.2) is 4.98 Å². The molecule has 0 aliphatic carbocycles. The summed E-state index contributed by atoms with van der Waals surface area (Å²) in [5, 5.41) is 8.21. The fourth-order valence-electron chi connectivity index (χ4n) is 3.62. The second-order valence-corrected chi connectivity index (χ2v) is 9.60. The monoisotopic (exact) mass is 459 g/mol. The number of nitrogens with one attached hydrogen (secondary N) is 1. The van der Waals surface area contributed by atoms with Gasteiger partial charge in [-0.1, -0.05) is 35.9 Å². The van der Waals surface area contributed by atoms with Crippen LogP contribution in [-0.2, 0) is 9.59 Å². The van der Waals surface area contributed by atoms with Crippen molar-refractivity contribution in [2.24, 2.45) is 5.92 Å². The summed E-state index contributed by atoms with van der Waals surface area (Å²) in [5.74, 6) is 0.372. The zero-order valence-corrected chi connectivity index (χ0v) is 18.9. The fraction of sp³-hybridized carbons (Fsp3) is 0.318. The van der Waals surface area contributed by atoms with Crippen molar-refractivity contribution in [1.82, 2.24) is 9.88 Å². The lowest BCUT2D eigenvalue weighted by molar-refractivity contribution is -0.132. The van der Waals surface area contributed by atoms with Crippen LogP contribution < -0.4 is 5.32 Å². The van der Waals surface area contributed by atoms with Gasteiger partial charge in [0.25, 0.3) is 0 Å². The van der Waals surface area contributed by atoms with Crippen molar-refractivity contribution in [2.45, 2.75) is 24.7 Å². The molecule has 0 radical (unpaired) electrons. The summed E-state index contributed by atoms with van der Waals surface area (Å²) in [7, 11) is 0. The Labute approximate surface area is 188 Å². The van der Waals surface area contributed by atoms with Crippen LogP contribution in [0.1, 0.15) is 18.5 Å². The number of aromatic nitrogens is 1. The van der Waals surface area contributed by atoms with Crippen LogP contribution in [0, 0.1) is 12.8 Å². The lowest BCUT2D eigenvalue weighted by Gasteiger charge is -2.31. The Morgan fingerprint density at radius 1 is 1.23 bits per heavy atom. The van der Waals surface area contributed by atoms with Crippen LogP contribution in [-0.4, -0.2) is 40.5 Å². The molecule has 0 atom stereocenters. The van der Waals surface area contributed by atoms with Crippen molar-refractivity contribution < 1.29 is 9.59 Å². The van der Waals surface area contributed by atoms with Gasteiger partial charge in [0, 0.05) is 39.7 Å². The average molecular weight is 460 g/mol. The van der Waals surface area contributed by atoms with E-state index >= 15 is 0 Å². The largest absolute Gasteiger partial charge is 0.342 e. The maximum Gasteiger partial charge on any atom is 0.232 e. The Hall–Kier alpha value is -2.09. The first-order chi connectivity index (χ1) is 14.5. The number of hydrogen-bond acceptors (Lipinski definition) is 5. The minimum Gasteiger partial charge on any atom is -0.342 e. The predicted molar refractivity (Wildman–Crippen MR) is 124 cm³/mol. The van der Waals surface area contributed by atoms with E-state index < -0.39 is 0 Å². The molecule has 2 amide bonds. The first-order valence-corrected chi connectivity index (χ1v) is 12.1. The number of rotatable bonds is 5. The Kier molecular flexibility index (Phi) is 6.61. The molecule has 2 heterocycles. The van der Waals surface area contributed by atoms with E-state index in [2.05, 4.69) is 10.3 Å². The van der Waals surface area contributed by atoms with Crippen molar-refractivity contribution in [1.29, 1.82) is 0 Å². The highest BCUT2D eigenvalue weighted by Gasteiger charge is 2.27. The highest BCUT2D eigenvalue weighted by atomic mass is 35.5. The molecule has 156 valence electrons. The number of thiazole rings is 1. The Morgan fingerprint density at radius 3 is 2.67 bits per heavy atom. The van der Waals surface area contributed by atoms with Gasteiger partial charge in [0.05, 0.1) is 11.4 Å². The maximum atomic E-state index is 12.7. The number of thioether (sulfide) groups is 1. The number of carbonyl (C=O) groups is 2. The lowest BCUT2D eigenvalue weighted by atomic mass is 9.96. The smallest absolute Gasteiger partial charge is 0.232 e. The van der Waals surface area contributed by atoms with E-state index in [1.54, 1.807) is 0 Å². The molecular weight excluding hydrogens is 438 g/mol. The summed E-state index contributed by atoms with van der Waals surface area (Å²) in [6, 6.07) is 11.8. The van der Waals surface area contributed by atoms with E-state index in [9.17, 15) is 9.59 Å². The van der Waals surface area contributed by atoms with Crippen LogP contribution in [0.25, 0.3) is 10.8 Å². The normalized spacial score (nSPS) is 14.8. The molecular formula is C22H22ClN3O2S2. The van der Waals surface area contributed by atoms with E-state index in [1.807, 2.05) is 53.6 Å². The molecule has 4 rings (SSSR count). The molecule has 0 unspecified atom stereocenters. The third-order valence-electron chi connectivity index (χ3n) is 5.23. The van der Waals surface area contributed by atoms with Crippen molar-refractivity contribution >= 4 is 62.4 Å². The summed E-state index contributed by atoms with van der Waals surface area (Å²) >= 11 is 9.33. The lowest BCUT2D eigenvalue weighted by Crippen LogP contribution is -2.42. The van der Waals surface area contributed by atoms with E-state index in [1.165, 1.54) is 23.1 Å². The number of nitrogens with zero attached hydrogens (tertiary/aromatic N) is 2. The van der Waals surface area contributed by atoms with Gasteiger partial charge < -0.3 is 10.2 Å². The van der Waals surface area contributed by atoms with Crippen LogP contribution >= 0.6 is 34.7 Å². The molecule has 1 aromatic heterocycles. The third kappa shape index (κ3) is 4.79. The van der Waals surface area contributed by atoms with E-state index in [4.69, 9.17) is 11.6 Å². The zero-order chi connectivity index (χ0) is 21.1. The van der Waals surface area contributed by atoms with Gasteiger partial charge in [0.2, 0.25) is 11.8 Å². The molecule has 1 fully saturated rings. The number of amides is 2. The van der Waals surface area contributed by atoms with Crippen molar-refractivity contribution in [3.05, 3.63) is 52.5 Å². The van der Waals surface area contributed by atoms with Crippen LogP contribution in [0.2, 0.25) is 5.02 Å². The number of hydrogen-bond donors (Lipinski definition) is 1. The molecule has 8 heteroatoms. The van der Waals surface area contributed by atoms with Crippen molar-refractivity contribution in [3.8, 4) is 0 Å². The number of halogens is 1. The first-order valence-electron chi connectivity index (χ1n) is 9.82. The number of carbonyl (C=O) groups excluding carboxylic acids is 2. The topological polar surface area (TPSA) is 62.3 Å². The summed E-state index contributed by atoms with van der Waals surface area (Å²) in [4.78, 5) is 32.3. The maximum absolute atomic E-state index is 12.7. The van der Waals surface area contributed by atoms with Crippen LogP contribution in [0.4, 0.5) is 5.13 Å². The molecule has 30 heavy (non-hydrogen) atoms. The van der Waals surface area contributed by atoms with Gasteiger partial charge in [-0.15, -0.1) is 23.1 Å². The molecule has 0 saturated carbocycles. The summed E-state index contributed by atoms with van der Waals surface area (Å²) in [5.41, 5.74) is 0.903. The molecule has 0 bridgehead atoms. The third-order valence-corrected chi connectivity index (χ3v) is 7.47. The molecule has 3 aromatic rings. The second-order valence-electron chi connectivity index (χ2n) is 7.32.